The number of benzene rings is 2. The van der Waals surface area contributed by atoms with E-state index in [2.05, 4.69) is 10.4 Å². The lowest BCUT2D eigenvalue weighted by molar-refractivity contribution is -0.132. The molecular weight excluding hydrogens is 410 g/mol. The van der Waals surface area contributed by atoms with Gasteiger partial charge in [-0.25, -0.2) is 9.48 Å². The van der Waals surface area contributed by atoms with Crippen molar-refractivity contribution in [3.8, 4) is 17.1 Å². The van der Waals surface area contributed by atoms with Crippen molar-refractivity contribution in [2.45, 2.75) is 6.42 Å². The van der Waals surface area contributed by atoms with Crippen LogP contribution in [0.15, 0.2) is 89.5 Å². The fraction of sp³-hybridized carbons (Fsp3) is 0.0833. The van der Waals surface area contributed by atoms with E-state index in [0.717, 1.165) is 5.56 Å². The number of esters is 1. The van der Waals surface area contributed by atoms with Crippen LogP contribution in [0.1, 0.15) is 16.1 Å². The molecule has 4 rings (SSSR count). The van der Waals surface area contributed by atoms with E-state index in [1.807, 2.05) is 24.3 Å². The molecule has 0 saturated carbocycles. The number of hydrogen-bond donors (Lipinski definition) is 1. The van der Waals surface area contributed by atoms with Crippen LogP contribution in [0.25, 0.3) is 17.1 Å². The molecule has 0 atom stereocenters. The number of imide groups is 1. The summed E-state index contributed by atoms with van der Waals surface area (Å²) in [5.74, 6) is -1.47. The molecular formula is C24H19N3O5. The van der Waals surface area contributed by atoms with E-state index in [-0.39, 0.29) is 12.1 Å². The van der Waals surface area contributed by atoms with Gasteiger partial charge in [0.1, 0.15) is 5.69 Å². The van der Waals surface area contributed by atoms with Gasteiger partial charge >= 0.3 is 5.97 Å². The van der Waals surface area contributed by atoms with Gasteiger partial charge in [0.25, 0.3) is 5.91 Å². The molecule has 1 N–H and O–H groups in total. The molecule has 0 unspecified atom stereocenters. The van der Waals surface area contributed by atoms with E-state index in [0.29, 0.717) is 17.1 Å². The van der Waals surface area contributed by atoms with Crippen LogP contribution in [0.3, 0.4) is 0 Å². The Labute approximate surface area is 183 Å². The normalized spacial score (nSPS) is 10.5. The number of nitrogens with one attached hydrogen (secondary N) is 1. The number of para-hydroxylation sites is 1. The lowest BCUT2D eigenvalue weighted by Crippen LogP contribution is -2.35. The Bertz CT molecular complexity index is 1220. The summed E-state index contributed by atoms with van der Waals surface area (Å²) in [6, 6.07) is 23.0. The van der Waals surface area contributed by atoms with Gasteiger partial charge in [0, 0.05) is 6.07 Å². The maximum absolute atomic E-state index is 12.7. The van der Waals surface area contributed by atoms with Crippen molar-refractivity contribution in [1.82, 2.24) is 15.1 Å². The highest BCUT2D eigenvalue weighted by Gasteiger charge is 2.21. The van der Waals surface area contributed by atoms with Crippen molar-refractivity contribution in [1.29, 1.82) is 0 Å². The number of carbonyl (C=O) groups excluding carboxylic acids is 3. The van der Waals surface area contributed by atoms with Crippen LogP contribution < -0.4 is 5.32 Å². The van der Waals surface area contributed by atoms with Crippen LogP contribution in [-0.4, -0.2) is 34.2 Å². The van der Waals surface area contributed by atoms with E-state index in [1.54, 1.807) is 48.5 Å². The highest BCUT2D eigenvalue weighted by molar-refractivity contribution is 5.98. The third-order valence-corrected chi connectivity index (χ3v) is 4.51. The minimum atomic E-state index is -0.759. The van der Waals surface area contributed by atoms with Gasteiger partial charge in [-0.1, -0.05) is 48.5 Å². The van der Waals surface area contributed by atoms with Crippen LogP contribution in [-0.2, 0) is 20.7 Å². The molecule has 0 aliphatic rings. The number of rotatable bonds is 7. The fourth-order valence-corrected chi connectivity index (χ4v) is 3.06. The molecule has 32 heavy (non-hydrogen) atoms. The van der Waals surface area contributed by atoms with Crippen molar-refractivity contribution >= 4 is 17.8 Å². The van der Waals surface area contributed by atoms with Crippen molar-refractivity contribution < 1.29 is 23.5 Å². The van der Waals surface area contributed by atoms with Crippen LogP contribution in [0.4, 0.5) is 0 Å². The summed E-state index contributed by atoms with van der Waals surface area (Å²) in [6.45, 7) is -0.602. The van der Waals surface area contributed by atoms with Gasteiger partial charge in [-0.2, -0.15) is 5.10 Å². The molecule has 160 valence electrons. The summed E-state index contributed by atoms with van der Waals surface area (Å²) in [5, 5.41) is 6.65. The lowest BCUT2D eigenvalue weighted by atomic mass is 10.1. The summed E-state index contributed by atoms with van der Waals surface area (Å²) >= 11 is 0. The van der Waals surface area contributed by atoms with Crippen LogP contribution in [0.5, 0.6) is 0 Å². The van der Waals surface area contributed by atoms with E-state index < -0.39 is 24.4 Å². The summed E-state index contributed by atoms with van der Waals surface area (Å²) in [7, 11) is 0. The van der Waals surface area contributed by atoms with Gasteiger partial charge in [-0.3, -0.25) is 14.9 Å². The predicted molar refractivity (Wildman–Crippen MR) is 115 cm³/mol. The Morgan fingerprint density at radius 1 is 0.906 bits per heavy atom. The average molecular weight is 429 g/mol. The van der Waals surface area contributed by atoms with Crippen molar-refractivity contribution in [2.24, 2.45) is 0 Å². The SMILES string of the molecule is O=C(COC(=O)c1cc(-c2ccco2)nn1-c1ccccc1)NC(=O)Cc1ccccc1. The van der Waals surface area contributed by atoms with Gasteiger partial charge in [0.2, 0.25) is 5.91 Å². The first-order chi connectivity index (χ1) is 15.6. The zero-order valence-corrected chi connectivity index (χ0v) is 16.9. The fourth-order valence-electron chi connectivity index (χ4n) is 3.06. The van der Waals surface area contributed by atoms with Crippen molar-refractivity contribution in [3.05, 3.63) is 96.4 Å². The second-order valence-electron chi connectivity index (χ2n) is 6.85. The van der Waals surface area contributed by atoms with Crippen molar-refractivity contribution in [3.63, 3.8) is 0 Å². The quantitative estimate of drug-likeness (QED) is 0.453. The molecule has 0 aliphatic heterocycles. The molecule has 2 aromatic carbocycles. The zero-order valence-electron chi connectivity index (χ0n) is 16.9. The van der Waals surface area contributed by atoms with Crippen molar-refractivity contribution in [2.75, 3.05) is 6.61 Å². The molecule has 0 aliphatic carbocycles. The number of ether oxygens (including phenoxy) is 1. The van der Waals surface area contributed by atoms with Gasteiger partial charge in [-0.05, 0) is 29.8 Å². The molecule has 0 saturated heterocycles. The average Bonchev–Trinajstić information content (AvgIpc) is 3.49. The van der Waals surface area contributed by atoms with Crippen LogP contribution in [0.2, 0.25) is 0 Å². The maximum atomic E-state index is 12.7. The highest BCUT2D eigenvalue weighted by atomic mass is 16.5. The zero-order chi connectivity index (χ0) is 22.3. The second-order valence-corrected chi connectivity index (χ2v) is 6.85. The molecule has 8 heteroatoms. The Kier molecular flexibility index (Phi) is 6.22. The number of amides is 2. The summed E-state index contributed by atoms with van der Waals surface area (Å²) < 4.78 is 11.9. The molecule has 2 amide bonds. The van der Waals surface area contributed by atoms with E-state index in [9.17, 15) is 14.4 Å². The van der Waals surface area contributed by atoms with E-state index in [4.69, 9.17) is 9.15 Å². The topological polar surface area (TPSA) is 103 Å². The Morgan fingerprint density at radius 2 is 1.62 bits per heavy atom. The largest absolute Gasteiger partial charge is 0.463 e. The van der Waals surface area contributed by atoms with Gasteiger partial charge in [-0.15, -0.1) is 0 Å². The van der Waals surface area contributed by atoms with Gasteiger partial charge < -0.3 is 9.15 Å². The monoisotopic (exact) mass is 429 g/mol. The van der Waals surface area contributed by atoms with Crippen LogP contribution >= 0.6 is 0 Å². The first kappa shape index (κ1) is 20.8. The third-order valence-electron chi connectivity index (χ3n) is 4.51. The minimum Gasteiger partial charge on any atom is -0.463 e. The Balaban J connectivity index is 1.43. The highest BCUT2D eigenvalue weighted by Crippen LogP contribution is 2.22. The molecule has 0 fully saturated rings. The minimum absolute atomic E-state index is 0.0494. The first-order valence-corrected chi connectivity index (χ1v) is 9.83. The smallest absolute Gasteiger partial charge is 0.357 e. The molecule has 2 heterocycles. The van der Waals surface area contributed by atoms with Gasteiger partial charge in [0.15, 0.2) is 18.1 Å². The molecule has 8 nitrogen and oxygen atoms in total. The number of carbonyl (C=O) groups is 3. The summed E-state index contributed by atoms with van der Waals surface area (Å²) in [6.07, 6.45) is 1.56. The third kappa shape index (κ3) is 4.99. The Morgan fingerprint density at radius 3 is 2.31 bits per heavy atom. The summed E-state index contributed by atoms with van der Waals surface area (Å²) in [4.78, 5) is 36.8. The van der Waals surface area contributed by atoms with E-state index >= 15 is 0 Å². The number of hydrogen-bond acceptors (Lipinski definition) is 6. The summed E-state index contributed by atoms with van der Waals surface area (Å²) in [5.41, 5.74) is 1.96. The van der Waals surface area contributed by atoms with Gasteiger partial charge in [0.05, 0.1) is 18.4 Å². The standard InChI is InChI=1S/C24H19N3O5/c28-22(14-17-8-3-1-4-9-17)25-23(29)16-32-24(30)20-15-19(21-12-7-13-31-21)26-27(20)18-10-5-2-6-11-18/h1-13,15H,14,16H2,(H,25,28,29). The Hall–Kier alpha value is -4.46. The molecule has 0 bridgehead atoms. The molecule has 0 spiro atoms. The number of aromatic nitrogens is 2. The number of furan rings is 1. The first-order valence-electron chi connectivity index (χ1n) is 9.83. The van der Waals surface area contributed by atoms with Crippen LogP contribution in [0, 0.1) is 0 Å². The lowest BCUT2D eigenvalue weighted by Gasteiger charge is -2.08. The second kappa shape index (κ2) is 9.57. The number of nitrogens with zero attached hydrogens (tertiary/aromatic N) is 2. The molecule has 4 aromatic rings. The molecule has 2 aromatic heterocycles. The molecule has 0 radical (unpaired) electrons. The maximum Gasteiger partial charge on any atom is 0.357 e. The van der Waals surface area contributed by atoms with E-state index in [1.165, 1.54) is 17.0 Å². The predicted octanol–water partition coefficient (Wildman–Crippen LogP) is 3.17.